The topological polar surface area (TPSA) is 67.4 Å². The molecular weight excluding hydrogens is 264 g/mol. The van der Waals surface area contributed by atoms with E-state index in [1.807, 2.05) is 0 Å². The van der Waals surface area contributed by atoms with Crippen LogP contribution in [-0.4, -0.2) is 45.5 Å². The maximum Gasteiger partial charge on any atom is 0.211 e. The zero-order chi connectivity index (χ0) is 11.6. The third kappa shape index (κ3) is 3.79. The molecule has 0 aliphatic carbocycles. The Kier molecular flexibility index (Phi) is 5.21. The fraction of sp³-hybridized carbons (Fsp3) is 1.00. The summed E-state index contributed by atoms with van der Waals surface area (Å²) < 4.78 is 31.4. The highest BCUT2D eigenvalue weighted by molar-refractivity contribution is 7.89. The van der Waals surface area contributed by atoms with E-state index >= 15 is 0 Å². The van der Waals surface area contributed by atoms with Gasteiger partial charge in [0.2, 0.25) is 10.0 Å². The normalized spacial score (nSPS) is 27.9. The van der Waals surface area contributed by atoms with Gasteiger partial charge < -0.3 is 10.1 Å². The molecule has 1 unspecified atom stereocenters. The van der Waals surface area contributed by atoms with Crippen molar-refractivity contribution in [1.29, 1.82) is 0 Å². The van der Waals surface area contributed by atoms with Crippen LogP contribution in [0.15, 0.2) is 0 Å². The van der Waals surface area contributed by atoms with Gasteiger partial charge in [0.05, 0.1) is 18.0 Å². The molecule has 102 valence electrons. The van der Waals surface area contributed by atoms with E-state index in [1.54, 1.807) is 6.92 Å². The fourth-order valence-electron chi connectivity index (χ4n) is 2.49. The van der Waals surface area contributed by atoms with E-state index in [9.17, 15) is 8.42 Å². The standard InChI is InChI=1S/C10H20N2O3S.ClH/c1-2-16(13,14)12-9-7-10(15-8-9)3-5-11-6-4-10;/h9,11-12H,2-8H2,1H3;1H. The highest BCUT2D eigenvalue weighted by atomic mass is 35.5. The number of hydrogen-bond donors (Lipinski definition) is 2. The van der Waals surface area contributed by atoms with Crippen molar-refractivity contribution in [3.8, 4) is 0 Å². The number of hydrogen-bond acceptors (Lipinski definition) is 4. The van der Waals surface area contributed by atoms with E-state index in [4.69, 9.17) is 4.74 Å². The van der Waals surface area contributed by atoms with Gasteiger partial charge in [0.15, 0.2) is 0 Å². The van der Waals surface area contributed by atoms with Crippen molar-refractivity contribution in [2.24, 2.45) is 0 Å². The highest BCUT2D eigenvalue weighted by Crippen LogP contribution is 2.34. The van der Waals surface area contributed by atoms with Gasteiger partial charge in [-0.2, -0.15) is 0 Å². The minimum atomic E-state index is -3.10. The van der Waals surface area contributed by atoms with Crippen LogP contribution >= 0.6 is 12.4 Å². The molecule has 0 saturated carbocycles. The summed E-state index contributed by atoms with van der Waals surface area (Å²) in [5.74, 6) is 0.137. The van der Waals surface area contributed by atoms with Crippen LogP contribution in [0.3, 0.4) is 0 Å². The van der Waals surface area contributed by atoms with Crippen LogP contribution in [0.5, 0.6) is 0 Å². The molecule has 2 N–H and O–H groups in total. The van der Waals surface area contributed by atoms with Crippen LogP contribution in [0.2, 0.25) is 0 Å². The number of rotatable bonds is 3. The summed E-state index contributed by atoms with van der Waals surface area (Å²) >= 11 is 0. The molecule has 0 aromatic heterocycles. The summed E-state index contributed by atoms with van der Waals surface area (Å²) in [7, 11) is -3.10. The van der Waals surface area contributed by atoms with E-state index < -0.39 is 10.0 Å². The quantitative estimate of drug-likeness (QED) is 0.780. The summed E-state index contributed by atoms with van der Waals surface area (Å²) in [5.41, 5.74) is -0.0772. The molecule has 2 aliphatic rings. The molecule has 5 nitrogen and oxygen atoms in total. The van der Waals surface area contributed by atoms with Crippen molar-refractivity contribution in [1.82, 2.24) is 10.0 Å². The molecule has 0 amide bonds. The summed E-state index contributed by atoms with van der Waals surface area (Å²) in [6, 6.07) is -0.0388. The van der Waals surface area contributed by atoms with Crippen LogP contribution < -0.4 is 10.0 Å². The predicted octanol–water partition coefficient (Wildman–Crippen LogP) is 0.259. The third-order valence-electron chi connectivity index (χ3n) is 3.45. The van der Waals surface area contributed by atoms with Crippen LogP contribution in [0, 0.1) is 0 Å². The van der Waals surface area contributed by atoms with Crippen LogP contribution in [0.4, 0.5) is 0 Å². The minimum absolute atomic E-state index is 0. The smallest absolute Gasteiger partial charge is 0.211 e. The first-order valence-electron chi connectivity index (χ1n) is 5.90. The van der Waals surface area contributed by atoms with E-state index in [0.29, 0.717) is 6.61 Å². The first-order chi connectivity index (χ1) is 7.55. The molecule has 2 aliphatic heterocycles. The summed E-state index contributed by atoms with van der Waals surface area (Å²) in [4.78, 5) is 0. The fourth-order valence-corrected chi connectivity index (χ4v) is 3.31. The number of piperidine rings is 1. The maximum absolute atomic E-state index is 11.4. The molecule has 0 radical (unpaired) electrons. The van der Waals surface area contributed by atoms with Crippen molar-refractivity contribution >= 4 is 22.4 Å². The molecule has 2 fully saturated rings. The Morgan fingerprint density at radius 2 is 2.06 bits per heavy atom. The first kappa shape index (κ1) is 15.2. The zero-order valence-electron chi connectivity index (χ0n) is 10.1. The third-order valence-corrected chi connectivity index (χ3v) is 4.90. The van der Waals surface area contributed by atoms with Crippen molar-refractivity contribution in [3.63, 3.8) is 0 Å². The lowest BCUT2D eigenvalue weighted by atomic mass is 9.88. The molecule has 0 aromatic rings. The molecule has 1 atom stereocenters. The van der Waals surface area contributed by atoms with E-state index in [-0.39, 0.29) is 29.8 Å². The first-order valence-corrected chi connectivity index (χ1v) is 7.55. The van der Waals surface area contributed by atoms with E-state index in [2.05, 4.69) is 10.0 Å². The maximum atomic E-state index is 11.4. The van der Waals surface area contributed by atoms with E-state index in [1.165, 1.54) is 0 Å². The van der Waals surface area contributed by atoms with Crippen molar-refractivity contribution in [2.75, 3.05) is 25.4 Å². The SMILES string of the molecule is CCS(=O)(=O)NC1COC2(CCNCC2)C1.Cl. The van der Waals surface area contributed by atoms with Crippen molar-refractivity contribution in [2.45, 2.75) is 37.8 Å². The van der Waals surface area contributed by atoms with Gasteiger partial charge in [-0.05, 0) is 39.3 Å². The Balaban J connectivity index is 0.00000144. The second-order valence-electron chi connectivity index (χ2n) is 4.67. The molecule has 2 rings (SSSR count). The molecule has 17 heavy (non-hydrogen) atoms. The molecule has 2 heterocycles. The van der Waals surface area contributed by atoms with Gasteiger partial charge in [-0.25, -0.2) is 13.1 Å². The van der Waals surface area contributed by atoms with E-state index in [0.717, 1.165) is 32.4 Å². The predicted molar refractivity (Wildman–Crippen MR) is 69.0 cm³/mol. The summed E-state index contributed by atoms with van der Waals surface area (Å²) in [6.45, 7) is 4.10. The average Bonchev–Trinajstić information content (AvgIpc) is 2.62. The van der Waals surface area contributed by atoms with Crippen LogP contribution in [-0.2, 0) is 14.8 Å². The van der Waals surface area contributed by atoms with Gasteiger partial charge in [0.1, 0.15) is 0 Å². The van der Waals surface area contributed by atoms with Crippen molar-refractivity contribution in [3.05, 3.63) is 0 Å². The summed E-state index contributed by atoms with van der Waals surface area (Å²) in [6.07, 6.45) is 2.78. The second-order valence-corrected chi connectivity index (χ2v) is 6.71. The molecule has 0 aromatic carbocycles. The van der Waals surface area contributed by atoms with Crippen LogP contribution in [0.1, 0.15) is 26.2 Å². The largest absolute Gasteiger partial charge is 0.373 e. The Morgan fingerprint density at radius 3 is 2.65 bits per heavy atom. The molecule has 2 saturated heterocycles. The average molecular weight is 285 g/mol. The minimum Gasteiger partial charge on any atom is -0.373 e. The lowest BCUT2D eigenvalue weighted by Gasteiger charge is -2.32. The Morgan fingerprint density at radius 1 is 1.41 bits per heavy atom. The number of halogens is 1. The lowest BCUT2D eigenvalue weighted by Crippen LogP contribution is -2.43. The van der Waals surface area contributed by atoms with Gasteiger partial charge >= 0.3 is 0 Å². The Labute approximate surface area is 109 Å². The van der Waals surface area contributed by atoms with Gasteiger partial charge in [0, 0.05) is 6.04 Å². The number of ether oxygens (including phenoxy) is 1. The lowest BCUT2D eigenvalue weighted by molar-refractivity contribution is -0.0193. The van der Waals surface area contributed by atoms with Crippen LogP contribution in [0.25, 0.3) is 0 Å². The van der Waals surface area contributed by atoms with Crippen molar-refractivity contribution < 1.29 is 13.2 Å². The zero-order valence-corrected chi connectivity index (χ0v) is 11.7. The molecule has 1 spiro atoms. The van der Waals surface area contributed by atoms with Gasteiger partial charge in [-0.3, -0.25) is 0 Å². The molecule has 0 bridgehead atoms. The van der Waals surface area contributed by atoms with Gasteiger partial charge in [-0.1, -0.05) is 0 Å². The molecule has 7 heteroatoms. The molecular formula is C10H21ClN2O3S. The second kappa shape index (κ2) is 5.84. The van der Waals surface area contributed by atoms with Gasteiger partial charge in [0.25, 0.3) is 0 Å². The number of nitrogens with one attached hydrogen (secondary N) is 2. The van der Waals surface area contributed by atoms with Gasteiger partial charge in [-0.15, -0.1) is 12.4 Å². The Bertz CT molecular complexity index is 341. The Hall–Kier alpha value is 0.120. The highest BCUT2D eigenvalue weighted by Gasteiger charge is 2.41. The summed E-state index contributed by atoms with van der Waals surface area (Å²) in [5, 5.41) is 3.29. The monoisotopic (exact) mass is 284 g/mol. The number of sulfonamides is 1.